The summed E-state index contributed by atoms with van der Waals surface area (Å²) in [6.07, 6.45) is 3.45. The monoisotopic (exact) mass is 282 g/mol. The van der Waals surface area contributed by atoms with Crippen LogP contribution in [0.15, 0.2) is 36.8 Å². The van der Waals surface area contributed by atoms with E-state index in [1.807, 2.05) is 41.9 Å². The molecule has 1 aliphatic rings. The number of aromatic nitrogens is 3. The topological polar surface area (TPSA) is 60.7 Å². The van der Waals surface area contributed by atoms with Crippen LogP contribution in [0.2, 0.25) is 0 Å². The summed E-state index contributed by atoms with van der Waals surface area (Å²) >= 11 is 0. The fraction of sp³-hybridized carbons (Fsp3) is 0.200. The van der Waals surface area contributed by atoms with Crippen molar-refractivity contribution in [2.24, 2.45) is 0 Å². The predicted molar refractivity (Wildman–Crippen MR) is 78.4 cm³/mol. The SMILES string of the molecule is Cc1ccn2ncnc(Nc3ccc4c(c3)OCCO4)c12. The zero-order valence-electron chi connectivity index (χ0n) is 11.5. The van der Waals surface area contributed by atoms with Crippen LogP contribution in [-0.4, -0.2) is 27.8 Å². The minimum Gasteiger partial charge on any atom is -0.486 e. The highest BCUT2D eigenvalue weighted by atomic mass is 16.6. The van der Waals surface area contributed by atoms with E-state index < -0.39 is 0 Å². The van der Waals surface area contributed by atoms with Crippen LogP contribution >= 0.6 is 0 Å². The summed E-state index contributed by atoms with van der Waals surface area (Å²) in [5.74, 6) is 2.30. The van der Waals surface area contributed by atoms with Gasteiger partial charge in [-0.1, -0.05) is 0 Å². The van der Waals surface area contributed by atoms with E-state index in [0.29, 0.717) is 13.2 Å². The molecule has 0 radical (unpaired) electrons. The number of rotatable bonds is 2. The Hall–Kier alpha value is -2.76. The molecule has 21 heavy (non-hydrogen) atoms. The fourth-order valence-corrected chi connectivity index (χ4v) is 2.46. The molecule has 6 nitrogen and oxygen atoms in total. The third-order valence-electron chi connectivity index (χ3n) is 3.46. The van der Waals surface area contributed by atoms with E-state index in [0.717, 1.165) is 34.1 Å². The third kappa shape index (κ3) is 2.05. The molecule has 0 saturated carbocycles. The molecule has 4 rings (SSSR count). The number of hydrogen-bond acceptors (Lipinski definition) is 5. The van der Waals surface area contributed by atoms with Gasteiger partial charge in [0.15, 0.2) is 17.3 Å². The van der Waals surface area contributed by atoms with Gasteiger partial charge in [0.1, 0.15) is 25.1 Å². The highest BCUT2D eigenvalue weighted by Gasteiger charge is 2.13. The molecule has 0 unspecified atom stereocenters. The quantitative estimate of drug-likeness (QED) is 0.782. The van der Waals surface area contributed by atoms with Gasteiger partial charge in [0.25, 0.3) is 0 Å². The Morgan fingerprint density at radius 1 is 1.14 bits per heavy atom. The molecular weight excluding hydrogens is 268 g/mol. The van der Waals surface area contributed by atoms with E-state index in [1.54, 1.807) is 0 Å². The van der Waals surface area contributed by atoms with Crippen LogP contribution in [0, 0.1) is 6.92 Å². The maximum absolute atomic E-state index is 5.60. The molecule has 1 N–H and O–H groups in total. The Bertz CT molecular complexity index is 813. The van der Waals surface area contributed by atoms with Crippen molar-refractivity contribution in [3.63, 3.8) is 0 Å². The third-order valence-corrected chi connectivity index (χ3v) is 3.46. The summed E-state index contributed by atoms with van der Waals surface area (Å²) in [6.45, 7) is 3.20. The van der Waals surface area contributed by atoms with Crippen molar-refractivity contribution in [2.75, 3.05) is 18.5 Å². The predicted octanol–water partition coefficient (Wildman–Crippen LogP) is 2.55. The average Bonchev–Trinajstić information content (AvgIpc) is 2.90. The van der Waals surface area contributed by atoms with Gasteiger partial charge >= 0.3 is 0 Å². The van der Waals surface area contributed by atoms with Gasteiger partial charge in [0, 0.05) is 18.0 Å². The number of aryl methyl sites for hydroxylation is 1. The molecule has 1 aromatic carbocycles. The minimum absolute atomic E-state index is 0.575. The van der Waals surface area contributed by atoms with Gasteiger partial charge in [0.2, 0.25) is 0 Å². The summed E-state index contributed by atoms with van der Waals surface area (Å²) in [5.41, 5.74) is 2.99. The first kappa shape index (κ1) is 12.0. The van der Waals surface area contributed by atoms with Crippen molar-refractivity contribution in [3.05, 3.63) is 42.4 Å². The van der Waals surface area contributed by atoms with E-state index in [-0.39, 0.29) is 0 Å². The van der Waals surface area contributed by atoms with Gasteiger partial charge in [-0.25, -0.2) is 9.50 Å². The van der Waals surface area contributed by atoms with E-state index in [4.69, 9.17) is 9.47 Å². The van der Waals surface area contributed by atoms with Crippen LogP contribution < -0.4 is 14.8 Å². The lowest BCUT2D eigenvalue weighted by Gasteiger charge is -2.19. The molecule has 0 aliphatic carbocycles. The van der Waals surface area contributed by atoms with E-state index in [1.165, 1.54) is 6.33 Å². The van der Waals surface area contributed by atoms with E-state index >= 15 is 0 Å². The van der Waals surface area contributed by atoms with Crippen LogP contribution in [0.5, 0.6) is 11.5 Å². The largest absolute Gasteiger partial charge is 0.486 e. The molecule has 0 spiro atoms. The molecule has 6 heteroatoms. The number of benzene rings is 1. The van der Waals surface area contributed by atoms with Gasteiger partial charge in [-0.05, 0) is 30.7 Å². The molecular formula is C15H14N4O2. The number of fused-ring (bicyclic) bond motifs is 2. The van der Waals surface area contributed by atoms with E-state index in [9.17, 15) is 0 Å². The molecule has 0 amide bonds. The molecule has 1 aliphatic heterocycles. The van der Waals surface area contributed by atoms with Crippen LogP contribution in [-0.2, 0) is 0 Å². The van der Waals surface area contributed by atoms with Crippen molar-refractivity contribution in [1.29, 1.82) is 0 Å². The summed E-state index contributed by atoms with van der Waals surface area (Å²) in [6, 6.07) is 7.79. The van der Waals surface area contributed by atoms with E-state index in [2.05, 4.69) is 15.4 Å². The van der Waals surface area contributed by atoms with Crippen LogP contribution in [0.25, 0.3) is 5.52 Å². The highest BCUT2D eigenvalue weighted by molar-refractivity contribution is 5.76. The lowest BCUT2D eigenvalue weighted by molar-refractivity contribution is 0.171. The summed E-state index contributed by atoms with van der Waals surface area (Å²) in [5, 5.41) is 7.51. The average molecular weight is 282 g/mol. The first-order valence-electron chi connectivity index (χ1n) is 6.77. The summed E-state index contributed by atoms with van der Waals surface area (Å²) in [4.78, 5) is 4.33. The van der Waals surface area contributed by atoms with Gasteiger partial charge in [-0.15, -0.1) is 0 Å². The van der Waals surface area contributed by atoms with Crippen LogP contribution in [0.3, 0.4) is 0 Å². The lowest BCUT2D eigenvalue weighted by Crippen LogP contribution is -2.15. The van der Waals surface area contributed by atoms with Crippen molar-refractivity contribution in [3.8, 4) is 11.5 Å². The molecule has 2 aromatic heterocycles. The molecule has 0 saturated heterocycles. The lowest BCUT2D eigenvalue weighted by atomic mass is 10.2. The zero-order chi connectivity index (χ0) is 14.2. The number of nitrogens with zero attached hydrogens (tertiary/aromatic N) is 3. The first-order valence-corrected chi connectivity index (χ1v) is 6.77. The maximum atomic E-state index is 5.60. The van der Waals surface area contributed by atoms with Crippen molar-refractivity contribution in [2.45, 2.75) is 6.92 Å². The second-order valence-corrected chi connectivity index (χ2v) is 4.88. The fourth-order valence-electron chi connectivity index (χ4n) is 2.46. The number of nitrogens with one attached hydrogen (secondary N) is 1. The molecule has 3 aromatic rings. The Morgan fingerprint density at radius 2 is 2.00 bits per heavy atom. The minimum atomic E-state index is 0.575. The van der Waals surface area contributed by atoms with Gasteiger partial charge in [0.05, 0.1) is 0 Å². The number of ether oxygens (including phenoxy) is 2. The maximum Gasteiger partial charge on any atom is 0.163 e. The van der Waals surface area contributed by atoms with Gasteiger partial charge in [-0.3, -0.25) is 0 Å². The summed E-state index contributed by atoms with van der Waals surface area (Å²) in [7, 11) is 0. The highest BCUT2D eigenvalue weighted by Crippen LogP contribution is 2.34. The Labute approximate surface area is 121 Å². The second kappa shape index (κ2) is 4.66. The molecule has 0 atom stereocenters. The van der Waals surface area contributed by atoms with Gasteiger partial charge < -0.3 is 14.8 Å². The second-order valence-electron chi connectivity index (χ2n) is 4.88. The standard InChI is InChI=1S/C15H14N4O2/c1-10-4-5-19-14(10)15(16-9-17-19)18-11-2-3-12-13(8-11)21-7-6-20-12/h2-5,8-9H,6-7H2,1H3,(H,16,17,18). The van der Waals surface area contributed by atoms with Crippen LogP contribution in [0.4, 0.5) is 11.5 Å². The van der Waals surface area contributed by atoms with Crippen LogP contribution in [0.1, 0.15) is 5.56 Å². The normalized spacial score (nSPS) is 13.4. The van der Waals surface area contributed by atoms with Crippen molar-refractivity contribution < 1.29 is 9.47 Å². The Balaban J connectivity index is 1.73. The molecule has 106 valence electrons. The Kier molecular flexibility index (Phi) is 2.67. The molecule has 0 bridgehead atoms. The number of anilines is 2. The van der Waals surface area contributed by atoms with Crippen molar-refractivity contribution >= 4 is 17.0 Å². The molecule has 0 fully saturated rings. The summed E-state index contributed by atoms with van der Waals surface area (Å²) < 4.78 is 12.9. The van der Waals surface area contributed by atoms with Gasteiger partial charge in [-0.2, -0.15) is 5.10 Å². The molecule has 3 heterocycles. The Morgan fingerprint density at radius 3 is 2.90 bits per heavy atom. The van der Waals surface area contributed by atoms with Crippen molar-refractivity contribution in [1.82, 2.24) is 14.6 Å². The first-order chi connectivity index (χ1) is 10.3. The number of hydrogen-bond donors (Lipinski definition) is 1. The zero-order valence-corrected chi connectivity index (χ0v) is 11.5. The smallest absolute Gasteiger partial charge is 0.163 e.